The van der Waals surface area contributed by atoms with Gasteiger partial charge in [-0.05, 0) is 36.8 Å². The van der Waals surface area contributed by atoms with Crippen LogP contribution >= 0.6 is 0 Å². The molecule has 0 saturated carbocycles. The Morgan fingerprint density at radius 1 is 1.22 bits per heavy atom. The second-order valence-electron chi connectivity index (χ2n) is 4.04. The van der Waals surface area contributed by atoms with Crippen molar-refractivity contribution >= 4 is 11.6 Å². The van der Waals surface area contributed by atoms with Crippen LogP contribution < -0.4 is 11.1 Å². The highest BCUT2D eigenvalue weighted by Crippen LogP contribution is 2.09. The van der Waals surface area contributed by atoms with Crippen molar-refractivity contribution in [3.05, 3.63) is 59.4 Å². The third-order valence-corrected chi connectivity index (χ3v) is 2.62. The Balaban J connectivity index is 2.09. The topological polar surface area (TPSA) is 68.0 Å². The lowest BCUT2D eigenvalue weighted by Crippen LogP contribution is -2.12. The largest absolute Gasteiger partial charge is 0.326 e. The van der Waals surface area contributed by atoms with E-state index >= 15 is 0 Å². The van der Waals surface area contributed by atoms with E-state index in [4.69, 9.17) is 5.73 Å². The first-order chi connectivity index (χ1) is 8.69. The van der Waals surface area contributed by atoms with Gasteiger partial charge < -0.3 is 11.1 Å². The Kier molecular flexibility index (Phi) is 3.69. The van der Waals surface area contributed by atoms with E-state index in [0.717, 1.165) is 11.3 Å². The van der Waals surface area contributed by atoms with Crippen molar-refractivity contribution in [2.24, 2.45) is 5.73 Å². The monoisotopic (exact) mass is 241 g/mol. The van der Waals surface area contributed by atoms with Gasteiger partial charge in [0.15, 0.2) is 0 Å². The maximum Gasteiger partial charge on any atom is 0.255 e. The minimum Gasteiger partial charge on any atom is -0.326 e. The summed E-state index contributed by atoms with van der Waals surface area (Å²) in [4.78, 5) is 16.1. The van der Waals surface area contributed by atoms with Crippen LogP contribution in [0.25, 0.3) is 0 Å². The van der Waals surface area contributed by atoms with Gasteiger partial charge in [0.2, 0.25) is 0 Å². The summed E-state index contributed by atoms with van der Waals surface area (Å²) in [5.41, 5.74) is 8.72. The number of rotatable bonds is 3. The molecule has 18 heavy (non-hydrogen) atoms. The lowest BCUT2D eigenvalue weighted by molar-refractivity contribution is 0.102. The number of benzene rings is 1. The Labute approximate surface area is 106 Å². The number of carbonyl (C=O) groups excluding carboxylic acids is 1. The highest BCUT2D eigenvalue weighted by Gasteiger charge is 2.05. The van der Waals surface area contributed by atoms with Gasteiger partial charge in [0, 0.05) is 17.8 Å². The van der Waals surface area contributed by atoms with E-state index in [1.807, 2.05) is 31.2 Å². The summed E-state index contributed by atoms with van der Waals surface area (Å²) in [6.07, 6.45) is 1.64. The summed E-state index contributed by atoms with van der Waals surface area (Å²) >= 11 is 0. The maximum atomic E-state index is 11.9. The number of pyridine rings is 1. The fourth-order valence-corrected chi connectivity index (χ4v) is 1.54. The highest BCUT2D eigenvalue weighted by atomic mass is 16.1. The number of hydrogen-bond donors (Lipinski definition) is 2. The molecule has 2 aromatic rings. The first-order valence-electron chi connectivity index (χ1n) is 5.72. The molecule has 0 atom stereocenters. The molecule has 0 spiro atoms. The predicted octanol–water partition coefficient (Wildman–Crippen LogP) is 2.10. The molecule has 1 aromatic carbocycles. The van der Waals surface area contributed by atoms with Crippen LogP contribution in [-0.4, -0.2) is 10.9 Å². The van der Waals surface area contributed by atoms with Gasteiger partial charge in [-0.25, -0.2) is 0 Å². The number of carbonyl (C=O) groups is 1. The number of nitrogens with one attached hydrogen (secondary N) is 1. The first-order valence-corrected chi connectivity index (χ1v) is 5.72. The molecule has 0 bridgehead atoms. The summed E-state index contributed by atoms with van der Waals surface area (Å²) in [7, 11) is 0. The summed E-state index contributed by atoms with van der Waals surface area (Å²) in [5.74, 6) is -0.149. The lowest BCUT2D eigenvalue weighted by Gasteiger charge is -2.05. The maximum absolute atomic E-state index is 11.9. The molecule has 0 unspecified atom stereocenters. The molecular weight excluding hydrogens is 226 g/mol. The molecule has 1 amide bonds. The van der Waals surface area contributed by atoms with E-state index < -0.39 is 0 Å². The summed E-state index contributed by atoms with van der Waals surface area (Å²) in [5, 5.41) is 2.79. The number of aryl methyl sites for hydroxylation is 1. The first kappa shape index (κ1) is 12.3. The van der Waals surface area contributed by atoms with Gasteiger partial charge in [0.25, 0.3) is 5.91 Å². The Bertz CT molecular complexity index is 532. The molecule has 0 aliphatic carbocycles. The standard InChI is InChI=1S/C14H15N3O/c1-10-2-7-13(9-16-10)17-14(18)12-5-3-11(8-15)4-6-12/h2-7,9H,8,15H2,1H3,(H,17,18). The van der Waals surface area contributed by atoms with Crippen molar-refractivity contribution < 1.29 is 4.79 Å². The third kappa shape index (κ3) is 2.93. The lowest BCUT2D eigenvalue weighted by atomic mass is 10.1. The number of aromatic nitrogens is 1. The fourth-order valence-electron chi connectivity index (χ4n) is 1.54. The average molecular weight is 241 g/mol. The van der Waals surface area contributed by atoms with Crippen LogP contribution in [0.1, 0.15) is 21.6 Å². The zero-order valence-electron chi connectivity index (χ0n) is 10.2. The van der Waals surface area contributed by atoms with E-state index in [1.54, 1.807) is 18.3 Å². The van der Waals surface area contributed by atoms with Crippen molar-refractivity contribution in [3.8, 4) is 0 Å². The van der Waals surface area contributed by atoms with E-state index in [1.165, 1.54) is 0 Å². The summed E-state index contributed by atoms with van der Waals surface area (Å²) in [6, 6.07) is 10.9. The zero-order chi connectivity index (χ0) is 13.0. The Morgan fingerprint density at radius 3 is 2.50 bits per heavy atom. The molecule has 0 aliphatic rings. The molecule has 0 saturated heterocycles. The molecule has 1 aromatic heterocycles. The molecule has 1 heterocycles. The van der Waals surface area contributed by atoms with Crippen LogP contribution in [0.3, 0.4) is 0 Å². The van der Waals surface area contributed by atoms with Gasteiger partial charge in [-0.2, -0.15) is 0 Å². The van der Waals surface area contributed by atoms with Crippen molar-refractivity contribution in [3.63, 3.8) is 0 Å². The normalized spacial score (nSPS) is 10.1. The molecule has 4 heteroatoms. The van der Waals surface area contributed by atoms with Crippen LogP contribution in [-0.2, 0) is 6.54 Å². The zero-order valence-corrected chi connectivity index (χ0v) is 10.2. The Hall–Kier alpha value is -2.20. The van der Waals surface area contributed by atoms with E-state index in [0.29, 0.717) is 17.8 Å². The average Bonchev–Trinajstić information content (AvgIpc) is 2.41. The van der Waals surface area contributed by atoms with Crippen molar-refractivity contribution in [1.29, 1.82) is 0 Å². The number of hydrogen-bond acceptors (Lipinski definition) is 3. The Morgan fingerprint density at radius 2 is 1.94 bits per heavy atom. The predicted molar refractivity (Wildman–Crippen MR) is 71.3 cm³/mol. The molecule has 4 nitrogen and oxygen atoms in total. The fraction of sp³-hybridized carbons (Fsp3) is 0.143. The molecule has 0 fully saturated rings. The van der Waals surface area contributed by atoms with Gasteiger partial charge in [-0.1, -0.05) is 12.1 Å². The van der Waals surface area contributed by atoms with Gasteiger partial charge in [0.05, 0.1) is 11.9 Å². The van der Waals surface area contributed by atoms with Crippen molar-refractivity contribution in [2.45, 2.75) is 13.5 Å². The van der Waals surface area contributed by atoms with Gasteiger partial charge in [-0.3, -0.25) is 9.78 Å². The van der Waals surface area contributed by atoms with Gasteiger partial charge in [0.1, 0.15) is 0 Å². The molecule has 0 radical (unpaired) electrons. The quantitative estimate of drug-likeness (QED) is 0.864. The number of anilines is 1. The van der Waals surface area contributed by atoms with E-state index in [-0.39, 0.29) is 5.91 Å². The second kappa shape index (κ2) is 5.42. The molecule has 0 aliphatic heterocycles. The third-order valence-electron chi connectivity index (χ3n) is 2.62. The highest BCUT2D eigenvalue weighted by molar-refractivity contribution is 6.04. The van der Waals surface area contributed by atoms with Crippen LogP contribution in [0.5, 0.6) is 0 Å². The molecular formula is C14H15N3O. The second-order valence-corrected chi connectivity index (χ2v) is 4.04. The van der Waals surface area contributed by atoms with Crippen molar-refractivity contribution in [2.75, 3.05) is 5.32 Å². The molecule has 92 valence electrons. The summed E-state index contributed by atoms with van der Waals surface area (Å²) < 4.78 is 0. The molecule has 3 N–H and O–H groups in total. The van der Waals surface area contributed by atoms with E-state index in [2.05, 4.69) is 10.3 Å². The van der Waals surface area contributed by atoms with Crippen LogP contribution in [0, 0.1) is 6.92 Å². The van der Waals surface area contributed by atoms with E-state index in [9.17, 15) is 4.79 Å². The van der Waals surface area contributed by atoms with Crippen LogP contribution in [0.4, 0.5) is 5.69 Å². The summed E-state index contributed by atoms with van der Waals surface area (Å²) in [6.45, 7) is 2.38. The smallest absolute Gasteiger partial charge is 0.255 e. The minimum atomic E-state index is -0.149. The van der Waals surface area contributed by atoms with Gasteiger partial charge >= 0.3 is 0 Å². The number of nitrogens with zero attached hydrogens (tertiary/aromatic N) is 1. The van der Waals surface area contributed by atoms with Gasteiger partial charge in [-0.15, -0.1) is 0 Å². The van der Waals surface area contributed by atoms with Crippen molar-refractivity contribution in [1.82, 2.24) is 4.98 Å². The minimum absolute atomic E-state index is 0.149. The van der Waals surface area contributed by atoms with Crippen LogP contribution in [0.15, 0.2) is 42.6 Å². The SMILES string of the molecule is Cc1ccc(NC(=O)c2ccc(CN)cc2)cn1. The molecule has 2 rings (SSSR count). The number of nitrogens with two attached hydrogens (primary N) is 1. The number of amides is 1. The van der Waals surface area contributed by atoms with Crippen LogP contribution in [0.2, 0.25) is 0 Å².